The Labute approximate surface area is 131 Å². The van der Waals surface area contributed by atoms with Gasteiger partial charge in [-0.1, -0.05) is 12.1 Å². The quantitative estimate of drug-likeness (QED) is 0.916. The molecule has 0 radical (unpaired) electrons. The van der Waals surface area contributed by atoms with E-state index in [0.717, 1.165) is 24.8 Å². The molecule has 4 heteroatoms. The van der Waals surface area contributed by atoms with Crippen LogP contribution in [0.1, 0.15) is 54.6 Å². The Balaban J connectivity index is 1.49. The van der Waals surface area contributed by atoms with Crippen molar-refractivity contribution >= 4 is 0 Å². The van der Waals surface area contributed by atoms with Crippen LogP contribution in [-0.2, 0) is 6.54 Å². The van der Waals surface area contributed by atoms with Gasteiger partial charge in [0.1, 0.15) is 5.75 Å². The van der Waals surface area contributed by atoms with Crippen molar-refractivity contribution in [2.75, 3.05) is 13.7 Å². The summed E-state index contributed by atoms with van der Waals surface area (Å²) in [5, 5.41) is 7.71. The second kappa shape index (κ2) is 5.76. The van der Waals surface area contributed by atoms with Gasteiger partial charge in [-0.15, -0.1) is 0 Å². The lowest BCUT2D eigenvalue weighted by atomic mass is 10.0. The lowest BCUT2D eigenvalue weighted by Crippen LogP contribution is -2.23. The highest BCUT2D eigenvalue weighted by Gasteiger charge is 2.29. The molecule has 1 aliphatic heterocycles. The standard InChI is InChI=1S/C18H23N3O/c1-22-16-5-2-4-14(10-16)18-6-3-9-21(18)12-15-11-17(20-19-15)13-7-8-13/h2,4-5,10-11,13,18H,3,6-9,12H2,1H3,(H,19,20). The first-order chi connectivity index (χ1) is 10.8. The molecule has 2 aromatic rings. The van der Waals surface area contributed by atoms with Crippen LogP contribution in [0.2, 0.25) is 0 Å². The molecule has 1 unspecified atom stereocenters. The molecule has 1 saturated heterocycles. The van der Waals surface area contributed by atoms with Gasteiger partial charge in [0.05, 0.1) is 12.8 Å². The largest absolute Gasteiger partial charge is 0.497 e. The number of hydrogen-bond donors (Lipinski definition) is 1. The highest BCUT2D eigenvalue weighted by Crippen LogP contribution is 2.39. The Morgan fingerprint density at radius 1 is 1.27 bits per heavy atom. The molecule has 22 heavy (non-hydrogen) atoms. The van der Waals surface area contributed by atoms with E-state index in [9.17, 15) is 0 Å². The van der Waals surface area contributed by atoms with Crippen LogP contribution in [-0.4, -0.2) is 28.8 Å². The van der Waals surface area contributed by atoms with E-state index in [1.807, 2.05) is 6.07 Å². The topological polar surface area (TPSA) is 41.1 Å². The summed E-state index contributed by atoms with van der Waals surface area (Å²) in [6.07, 6.45) is 5.09. The maximum Gasteiger partial charge on any atom is 0.119 e. The molecule has 0 bridgehead atoms. The number of rotatable bonds is 5. The van der Waals surface area contributed by atoms with Gasteiger partial charge in [-0.05, 0) is 56.0 Å². The summed E-state index contributed by atoms with van der Waals surface area (Å²) in [4.78, 5) is 2.55. The third kappa shape index (κ3) is 2.75. The maximum atomic E-state index is 5.37. The minimum absolute atomic E-state index is 0.489. The van der Waals surface area contributed by atoms with Crippen LogP contribution in [0.3, 0.4) is 0 Å². The van der Waals surface area contributed by atoms with Crippen LogP contribution in [0.25, 0.3) is 0 Å². The molecule has 2 heterocycles. The number of hydrogen-bond acceptors (Lipinski definition) is 3. The average molecular weight is 297 g/mol. The van der Waals surface area contributed by atoms with E-state index in [1.165, 1.54) is 42.6 Å². The fourth-order valence-corrected chi connectivity index (χ4v) is 3.51. The van der Waals surface area contributed by atoms with E-state index in [0.29, 0.717) is 6.04 Å². The molecule has 1 N–H and O–H groups in total. The monoisotopic (exact) mass is 297 g/mol. The van der Waals surface area contributed by atoms with Gasteiger partial charge >= 0.3 is 0 Å². The van der Waals surface area contributed by atoms with E-state index in [2.05, 4.69) is 39.4 Å². The second-order valence-corrected chi connectivity index (χ2v) is 6.50. The van der Waals surface area contributed by atoms with Gasteiger partial charge in [0.15, 0.2) is 0 Å². The van der Waals surface area contributed by atoms with Crippen molar-refractivity contribution in [2.24, 2.45) is 0 Å². The fraction of sp³-hybridized carbons (Fsp3) is 0.500. The van der Waals surface area contributed by atoms with Gasteiger partial charge in [-0.25, -0.2) is 0 Å². The van der Waals surface area contributed by atoms with Crippen LogP contribution >= 0.6 is 0 Å². The molecule has 2 fully saturated rings. The zero-order valence-corrected chi connectivity index (χ0v) is 13.1. The number of methoxy groups -OCH3 is 1. The SMILES string of the molecule is COc1cccc(C2CCCN2Cc2cc(C3CC3)n[nH]2)c1. The van der Waals surface area contributed by atoms with E-state index in [-0.39, 0.29) is 0 Å². The molecule has 2 aliphatic rings. The van der Waals surface area contributed by atoms with Crippen LogP contribution in [0, 0.1) is 0 Å². The highest BCUT2D eigenvalue weighted by molar-refractivity contribution is 5.31. The van der Waals surface area contributed by atoms with Crippen molar-refractivity contribution in [3.05, 3.63) is 47.3 Å². The maximum absolute atomic E-state index is 5.37. The van der Waals surface area contributed by atoms with Crippen molar-refractivity contribution in [3.8, 4) is 5.75 Å². The molecule has 1 saturated carbocycles. The third-order valence-corrected chi connectivity index (χ3v) is 4.86. The van der Waals surface area contributed by atoms with Crippen molar-refractivity contribution in [3.63, 3.8) is 0 Å². The zero-order valence-electron chi connectivity index (χ0n) is 13.1. The predicted molar refractivity (Wildman–Crippen MR) is 85.9 cm³/mol. The lowest BCUT2D eigenvalue weighted by Gasteiger charge is -2.24. The van der Waals surface area contributed by atoms with Crippen molar-refractivity contribution in [1.82, 2.24) is 15.1 Å². The Morgan fingerprint density at radius 3 is 3.00 bits per heavy atom. The average Bonchev–Trinajstić information content (AvgIpc) is 3.13. The summed E-state index contributed by atoms with van der Waals surface area (Å²) in [7, 11) is 1.73. The third-order valence-electron chi connectivity index (χ3n) is 4.86. The number of likely N-dealkylation sites (tertiary alicyclic amines) is 1. The predicted octanol–water partition coefficient (Wildman–Crippen LogP) is 3.63. The summed E-state index contributed by atoms with van der Waals surface area (Å²) in [6, 6.07) is 11.2. The molecule has 1 aromatic heterocycles. The van der Waals surface area contributed by atoms with Crippen LogP contribution in [0.4, 0.5) is 0 Å². The minimum Gasteiger partial charge on any atom is -0.497 e. The normalized spacial score (nSPS) is 22.1. The Morgan fingerprint density at radius 2 is 2.18 bits per heavy atom. The molecule has 4 nitrogen and oxygen atoms in total. The molecule has 4 rings (SSSR count). The van der Waals surface area contributed by atoms with Gasteiger partial charge in [0.2, 0.25) is 0 Å². The lowest BCUT2D eigenvalue weighted by molar-refractivity contribution is 0.245. The number of H-pyrrole nitrogens is 1. The first kappa shape index (κ1) is 13.8. The molecule has 116 valence electrons. The minimum atomic E-state index is 0.489. The van der Waals surface area contributed by atoms with Crippen molar-refractivity contribution in [2.45, 2.75) is 44.2 Å². The van der Waals surface area contributed by atoms with E-state index in [1.54, 1.807) is 7.11 Å². The number of aromatic nitrogens is 2. The molecular weight excluding hydrogens is 274 g/mol. The molecule has 0 amide bonds. The molecule has 1 atom stereocenters. The van der Waals surface area contributed by atoms with E-state index < -0.39 is 0 Å². The summed E-state index contributed by atoms with van der Waals surface area (Å²) < 4.78 is 5.37. The molecule has 1 aromatic carbocycles. The number of nitrogens with one attached hydrogen (secondary N) is 1. The van der Waals surface area contributed by atoms with Crippen molar-refractivity contribution < 1.29 is 4.74 Å². The van der Waals surface area contributed by atoms with Crippen LogP contribution in [0.5, 0.6) is 5.75 Å². The number of ether oxygens (including phenoxy) is 1. The smallest absolute Gasteiger partial charge is 0.119 e. The Hall–Kier alpha value is -1.81. The van der Waals surface area contributed by atoms with Gasteiger partial charge in [-0.3, -0.25) is 10.00 Å². The first-order valence-corrected chi connectivity index (χ1v) is 8.25. The summed E-state index contributed by atoms with van der Waals surface area (Å²) in [5.74, 6) is 1.67. The van der Waals surface area contributed by atoms with Gasteiger partial charge in [0.25, 0.3) is 0 Å². The van der Waals surface area contributed by atoms with Crippen molar-refractivity contribution in [1.29, 1.82) is 0 Å². The summed E-state index contributed by atoms with van der Waals surface area (Å²) >= 11 is 0. The van der Waals surface area contributed by atoms with E-state index in [4.69, 9.17) is 4.74 Å². The zero-order chi connectivity index (χ0) is 14.9. The molecule has 0 spiro atoms. The van der Waals surface area contributed by atoms with Gasteiger partial charge in [0, 0.05) is 24.2 Å². The second-order valence-electron chi connectivity index (χ2n) is 6.50. The Bertz CT molecular complexity index is 647. The first-order valence-electron chi connectivity index (χ1n) is 8.25. The molecular formula is C18H23N3O. The summed E-state index contributed by atoms with van der Waals surface area (Å²) in [5.41, 5.74) is 3.86. The number of aromatic amines is 1. The number of benzene rings is 1. The van der Waals surface area contributed by atoms with Gasteiger partial charge < -0.3 is 4.74 Å². The number of nitrogens with zero attached hydrogens (tertiary/aromatic N) is 2. The van der Waals surface area contributed by atoms with Crippen LogP contribution < -0.4 is 4.74 Å². The van der Waals surface area contributed by atoms with Gasteiger partial charge in [-0.2, -0.15) is 5.10 Å². The molecule has 1 aliphatic carbocycles. The highest BCUT2D eigenvalue weighted by atomic mass is 16.5. The van der Waals surface area contributed by atoms with Crippen LogP contribution in [0.15, 0.2) is 30.3 Å². The Kier molecular flexibility index (Phi) is 3.62. The fourth-order valence-electron chi connectivity index (χ4n) is 3.51. The van der Waals surface area contributed by atoms with E-state index >= 15 is 0 Å². The summed E-state index contributed by atoms with van der Waals surface area (Å²) in [6.45, 7) is 2.11.